The van der Waals surface area contributed by atoms with E-state index in [9.17, 15) is 24.1 Å². The second-order valence-electron chi connectivity index (χ2n) is 9.58. The summed E-state index contributed by atoms with van der Waals surface area (Å²) in [6, 6.07) is 11.1. The number of benzene rings is 2. The summed E-state index contributed by atoms with van der Waals surface area (Å²) >= 11 is 0. The number of carbonyl (C=O) groups is 2. The van der Waals surface area contributed by atoms with Crippen molar-refractivity contribution in [1.82, 2.24) is 9.80 Å². The fourth-order valence-corrected chi connectivity index (χ4v) is 5.65. The van der Waals surface area contributed by atoms with Crippen LogP contribution in [-0.2, 0) is 16.0 Å². The number of nitro benzene ring substituents is 1. The zero-order chi connectivity index (χ0) is 26.1. The van der Waals surface area contributed by atoms with E-state index in [1.165, 1.54) is 18.2 Å². The van der Waals surface area contributed by atoms with Crippen LogP contribution in [0.25, 0.3) is 0 Å². The van der Waals surface area contributed by atoms with Crippen LogP contribution in [0.5, 0.6) is 0 Å². The van der Waals surface area contributed by atoms with E-state index in [-0.39, 0.29) is 29.5 Å². The van der Waals surface area contributed by atoms with Crippen molar-refractivity contribution in [3.05, 3.63) is 64.0 Å². The van der Waals surface area contributed by atoms with Crippen molar-refractivity contribution in [2.75, 3.05) is 62.2 Å². The van der Waals surface area contributed by atoms with Crippen LogP contribution in [0.15, 0.2) is 42.5 Å². The van der Waals surface area contributed by atoms with Gasteiger partial charge in [-0.2, -0.15) is 0 Å². The highest BCUT2D eigenvalue weighted by atomic mass is 19.1. The number of anilines is 2. The van der Waals surface area contributed by atoms with Gasteiger partial charge in [0, 0.05) is 69.3 Å². The molecule has 2 aromatic rings. The van der Waals surface area contributed by atoms with Crippen LogP contribution in [0.1, 0.15) is 12.5 Å². The molecular formula is C26H30FN5O5. The van der Waals surface area contributed by atoms with Gasteiger partial charge in [-0.05, 0) is 49.2 Å². The Kier molecular flexibility index (Phi) is 6.86. The predicted octanol–water partition coefficient (Wildman–Crippen LogP) is 2.90. The molecule has 2 saturated heterocycles. The maximum atomic E-state index is 13.9. The average Bonchev–Trinajstić information content (AvgIpc) is 2.92. The number of ether oxygens (including phenoxy) is 1. The van der Waals surface area contributed by atoms with Gasteiger partial charge in [0.15, 0.2) is 0 Å². The summed E-state index contributed by atoms with van der Waals surface area (Å²) in [7, 11) is 0. The third-order valence-corrected chi connectivity index (χ3v) is 7.53. The molecule has 3 aliphatic rings. The molecule has 0 aromatic heterocycles. The smallest absolute Gasteiger partial charge is 0.409 e. The highest BCUT2D eigenvalue weighted by Gasteiger charge is 2.44. The van der Waals surface area contributed by atoms with E-state index in [1.54, 1.807) is 41.0 Å². The normalized spacial score (nSPS) is 21.2. The third-order valence-electron chi connectivity index (χ3n) is 7.53. The van der Waals surface area contributed by atoms with Gasteiger partial charge in [-0.25, -0.2) is 9.18 Å². The Balaban J connectivity index is 1.40. The largest absolute Gasteiger partial charge is 0.450 e. The molecule has 11 heteroatoms. The SMILES string of the molecule is CCOC(=O)N1CCN(C(=O)[C@H]2Cc3cc([N+](=O)[O-])ccc3N3CCN(c4ccc(F)cc4)C[C@H]23)CC1. The van der Waals surface area contributed by atoms with Crippen molar-refractivity contribution in [1.29, 1.82) is 0 Å². The number of rotatable bonds is 4. The lowest BCUT2D eigenvalue weighted by molar-refractivity contribution is -0.384. The van der Waals surface area contributed by atoms with E-state index < -0.39 is 10.8 Å². The molecule has 2 atom stereocenters. The Morgan fingerprint density at radius 3 is 2.41 bits per heavy atom. The van der Waals surface area contributed by atoms with Gasteiger partial charge in [0.05, 0.1) is 23.5 Å². The Hall–Kier alpha value is -3.89. The molecule has 2 aromatic carbocycles. The summed E-state index contributed by atoms with van der Waals surface area (Å²) in [6.45, 7) is 5.55. The van der Waals surface area contributed by atoms with E-state index >= 15 is 0 Å². The molecule has 0 spiro atoms. The predicted molar refractivity (Wildman–Crippen MR) is 135 cm³/mol. The van der Waals surface area contributed by atoms with E-state index in [0.717, 1.165) is 16.9 Å². The number of nitrogens with zero attached hydrogens (tertiary/aromatic N) is 5. The standard InChI is InChI=1S/C26H30FN5O5/c1-2-37-26(34)29-11-9-28(10-12-29)25(33)22-16-18-15-21(32(35)36)7-8-23(18)31-14-13-30(17-24(22)31)20-5-3-19(27)4-6-20/h3-8,15,22,24H,2,9-14,16-17H2,1H3/t22-,24+/m0/s1. The van der Waals surface area contributed by atoms with Crippen molar-refractivity contribution in [2.45, 2.75) is 19.4 Å². The molecule has 10 nitrogen and oxygen atoms in total. The molecule has 0 N–H and O–H groups in total. The molecule has 0 saturated carbocycles. The van der Waals surface area contributed by atoms with Crippen molar-refractivity contribution in [3.63, 3.8) is 0 Å². The number of amides is 2. The highest BCUT2D eigenvalue weighted by Crippen LogP contribution is 2.39. The van der Waals surface area contributed by atoms with Gasteiger partial charge in [-0.3, -0.25) is 14.9 Å². The van der Waals surface area contributed by atoms with Crippen LogP contribution < -0.4 is 9.80 Å². The van der Waals surface area contributed by atoms with Crippen molar-refractivity contribution < 1.29 is 23.6 Å². The molecular weight excluding hydrogens is 481 g/mol. The molecule has 37 heavy (non-hydrogen) atoms. The molecule has 2 fully saturated rings. The minimum atomic E-state index is -0.412. The average molecular weight is 512 g/mol. The number of fused-ring (bicyclic) bond motifs is 3. The van der Waals surface area contributed by atoms with Crippen molar-refractivity contribution in [2.24, 2.45) is 5.92 Å². The van der Waals surface area contributed by atoms with Gasteiger partial charge >= 0.3 is 6.09 Å². The molecule has 0 bridgehead atoms. The lowest BCUT2D eigenvalue weighted by Crippen LogP contribution is -2.62. The van der Waals surface area contributed by atoms with Crippen LogP contribution in [0, 0.1) is 21.8 Å². The van der Waals surface area contributed by atoms with E-state index in [1.807, 2.05) is 0 Å². The zero-order valence-electron chi connectivity index (χ0n) is 20.7. The molecule has 196 valence electrons. The number of hydrogen-bond donors (Lipinski definition) is 0. The van der Waals surface area contributed by atoms with E-state index in [4.69, 9.17) is 4.74 Å². The molecule has 3 aliphatic heterocycles. The fourth-order valence-electron chi connectivity index (χ4n) is 5.65. The van der Waals surface area contributed by atoms with Crippen LogP contribution in [0.4, 0.5) is 26.2 Å². The first-order valence-electron chi connectivity index (χ1n) is 12.6. The number of halogens is 1. The number of carbonyl (C=O) groups excluding carboxylic acids is 2. The maximum Gasteiger partial charge on any atom is 0.409 e. The number of hydrogen-bond acceptors (Lipinski definition) is 7. The molecule has 3 heterocycles. The summed E-state index contributed by atoms with van der Waals surface area (Å²) in [6.07, 6.45) is 0.0220. The lowest BCUT2D eigenvalue weighted by atomic mass is 9.82. The summed E-state index contributed by atoms with van der Waals surface area (Å²) in [4.78, 5) is 44.7. The first-order valence-corrected chi connectivity index (χ1v) is 12.6. The maximum absolute atomic E-state index is 13.9. The van der Waals surface area contributed by atoms with Crippen LogP contribution in [0.2, 0.25) is 0 Å². The molecule has 0 unspecified atom stereocenters. The van der Waals surface area contributed by atoms with E-state index in [2.05, 4.69) is 9.80 Å². The Labute approximate surface area is 214 Å². The Morgan fingerprint density at radius 1 is 1.03 bits per heavy atom. The third kappa shape index (κ3) is 4.90. The summed E-state index contributed by atoms with van der Waals surface area (Å²) in [5, 5.41) is 11.4. The van der Waals surface area contributed by atoms with Crippen LogP contribution in [0.3, 0.4) is 0 Å². The number of nitro groups is 1. The Morgan fingerprint density at radius 2 is 1.73 bits per heavy atom. The summed E-state index contributed by atoms with van der Waals surface area (Å²) in [5.41, 5.74) is 2.62. The second kappa shape index (κ2) is 10.2. The van der Waals surface area contributed by atoms with Crippen molar-refractivity contribution in [3.8, 4) is 0 Å². The Bertz CT molecular complexity index is 1180. The van der Waals surface area contributed by atoms with Crippen LogP contribution in [-0.4, -0.2) is 85.2 Å². The molecule has 0 radical (unpaired) electrons. The fraction of sp³-hybridized carbons (Fsp3) is 0.462. The quantitative estimate of drug-likeness (QED) is 0.460. The van der Waals surface area contributed by atoms with Crippen molar-refractivity contribution >= 4 is 29.1 Å². The van der Waals surface area contributed by atoms with Gasteiger partial charge in [-0.1, -0.05) is 0 Å². The minimum Gasteiger partial charge on any atom is -0.450 e. The topological polar surface area (TPSA) is 99.5 Å². The van der Waals surface area contributed by atoms with E-state index in [0.29, 0.717) is 58.8 Å². The van der Waals surface area contributed by atoms with Gasteiger partial charge in [-0.15, -0.1) is 0 Å². The number of non-ortho nitro benzene ring substituents is 1. The minimum absolute atomic E-state index is 0.0106. The summed E-state index contributed by atoms with van der Waals surface area (Å²) in [5.74, 6) is -0.728. The highest BCUT2D eigenvalue weighted by molar-refractivity contribution is 5.83. The second-order valence-corrected chi connectivity index (χ2v) is 9.58. The van der Waals surface area contributed by atoms with Gasteiger partial charge in [0.25, 0.3) is 5.69 Å². The number of piperazine rings is 2. The first-order chi connectivity index (χ1) is 17.9. The molecule has 2 amide bonds. The van der Waals surface area contributed by atoms with Gasteiger partial charge in [0.1, 0.15) is 5.82 Å². The zero-order valence-corrected chi connectivity index (χ0v) is 20.7. The van der Waals surface area contributed by atoms with Gasteiger partial charge < -0.3 is 24.3 Å². The monoisotopic (exact) mass is 511 g/mol. The molecule has 0 aliphatic carbocycles. The first kappa shape index (κ1) is 24.8. The van der Waals surface area contributed by atoms with Crippen LogP contribution >= 0.6 is 0 Å². The lowest BCUT2D eigenvalue weighted by Gasteiger charge is -2.50. The van der Waals surface area contributed by atoms with Gasteiger partial charge in [0.2, 0.25) is 5.91 Å². The summed E-state index contributed by atoms with van der Waals surface area (Å²) < 4.78 is 18.6. The molecule has 5 rings (SSSR count).